The molecule has 0 radical (unpaired) electrons. The summed E-state index contributed by atoms with van der Waals surface area (Å²) in [5.41, 5.74) is 5.90. The Morgan fingerprint density at radius 3 is 2.80 bits per heavy atom. The van der Waals surface area contributed by atoms with Crippen molar-refractivity contribution in [1.29, 1.82) is 0 Å². The van der Waals surface area contributed by atoms with Gasteiger partial charge in [-0.05, 0) is 24.6 Å². The van der Waals surface area contributed by atoms with Crippen LogP contribution in [0.3, 0.4) is 0 Å². The topological polar surface area (TPSA) is 93.8 Å². The van der Waals surface area contributed by atoms with Crippen LogP contribution in [-0.4, -0.2) is 37.4 Å². The molecule has 0 saturated carbocycles. The quantitative estimate of drug-likeness (QED) is 0.656. The molecule has 1 atom stereocenters. The Morgan fingerprint density at radius 1 is 1.55 bits per heavy atom. The van der Waals surface area contributed by atoms with Crippen LogP contribution in [0.4, 0.5) is 0 Å². The Kier molecular flexibility index (Phi) is 6.57. The summed E-state index contributed by atoms with van der Waals surface area (Å²) in [6.45, 7) is 2.16. The van der Waals surface area contributed by atoms with E-state index in [4.69, 9.17) is 31.9 Å². The Hall–Kier alpha value is -1.50. The molecule has 7 heteroatoms. The fraction of sp³-hybridized carbons (Fsp3) is 0.462. The van der Waals surface area contributed by atoms with Crippen molar-refractivity contribution in [2.24, 2.45) is 5.73 Å². The first-order chi connectivity index (χ1) is 9.47. The molecule has 6 nitrogen and oxygen atoms in total. The number of aliphatic hydroxyl groups excluding tert-OH is 1. The summed E-state index contributed by atoms with van der Waals surface area (Å²) in [5.74, 6) is 0.116. The van der Waals surface area contributed by atoms with Crippen LogP contribution in [-0.2, 0) is 11.3 Å². The number of carbonyl (C=O) groups excluding carboxylic acids is 1. The average Bonchev–Trinajstić information content (AvgIpc) is 2.42. The van der Waals surface area contributed by atoms with Crippen molar-refractivity contribution in [1.82, 2.24) is 5.32 Å². The molecule has 1 aromatic carbocycles. The van der Waals surface area contributed by atoms with Crippen LogP contribution < -0.4 is 20.5 Å². The van der Waals surface area contributed by atoms with Crippen molar-refractivity contribution in [2.75, 3.05) is 20.3 Å². The Balaban J connectivity index is 2.86. The third-order valence-electron chi connectivity index (χ3n) is 2.58. The monoisotopic (exact) mass is 302 g/mol. The maximum absolute atomic E-state index is 10.7. The molecular weight excluding hydrogens is 284 g/mol. The van der Waals surface area contributed by atoms with Gasteiger partial charge in [0.1, 0.15) is 0 Å². The molecule has 0 bridgehead atoms. The maximum atomic E-state index is 10.7. The van der Waals surface area contributed by atoms with Gasteiger partial charge >= 0.3 is 0 Å². The van der Waals surface area contributed by atoms with Gasteiger partial charge in [0.2, 0.25) is 0 Å². The lowest BCUT2D eigenvalue weighted by molar-refractivity contribution is -0.119. The third-order valence-corrected chi connectivity index (χ3v) is 2.86. The first-order valence-electron chi connectivity index (χ1n) is 6.09. The number of benzene rings is 1. The van der Waals surface area contributed by atoms with E-state index in [0.29, 0.717) is 17.3 Å². The second-order valence-corrected chi connectivity index (χ2v) is 4.74. The van der Waals surface area contributed by atoms with E-state index >= 15 is 0 Å². The van der Waals surface area contributed by atoms with Gasteiger partial charge in [0.25, 0.3) is 5.91 Å². The van der Waals surface area contributed by atoms with Gasteiger partial charge in [-0.1, -0.05) is 11.6 Å². The molecule has 0 heterocycles. The van der Waals surface area contributed by atoms with E-state index < -0.39 is 5.91 Å². The fourth-order valence-electron chi connectivity index (χ4n) is 1.52. The minimum atomic E-state index is -0.592. The molecule has 112 valence electrons. The zero-order chi connectivity index (χ0) is 15.1. The van der Waals surface area contributed by atoms with Crippen LogP contribution in [0.15, 0.2) is 12.1 Å². The highest BCUT2D eigenvalue weighted by Crippen LogP contribution is 2.36. The SMILES string of the molecule is COc1cc(CNC(C)CO)cc(Cl)c1OCC(N)=O. The minimum absolute atomic E-state index is 0.0226. The average molecular weight is 303 g/mol. The largest absolute Gasteiger partial charge is 0.493 e. The highest BCUT2D eigenvalue weighted by atomic mass is 35.5. The molecule has 1 rings (SSSR count). The van der Waals surface area contributed by atoms with Gasteiger partial charge in [0.15, 0.2) is 18.1 Å². The second kappa shape index (κ2) is 7.94. The van der Waals surface area contributed by atoms with E-state index in [1.165, 1.54) is 7.11 Å². The Morgan fingerprint density at radius 2 is 2.25 bits per heavy atom. The van der Waals surface area contributed by atoms with Crippen LogP contribution in [0.1, 0.15) is 12.5 Å². The summed E-state index contributed by atoms with van der Waals surface area (Å²) in [7, 11) is 1.48. The van der Waals surface area contributed by atoms with Gasteiger partial charge in [-0.3, -0.25) is 4.79 Å². The van der Waals surface area contributed by atoms with Crippen LogP contribution in [0, 0.1) is 0 Å². The molecule has 0 fully saturated rings. The van der Waals surface area contributed by atoms with Gasteiger partial charge < -0.3 is 25.6 Å². The molecular formula is C13H19ClN2O4. The number of carbonyl (C=O) groups is 1. The predicted octanol–water partition coefficient (Wildman–Crippen LogP) is 0.683. The summed E-state index contributed by atoms with van der Waals surface area (Å²) >= 11 is 6.11. The summed E-state index contributed by atoms with van der Waals surface area (Å²) in [4.78, 5) is 10.7. The number of ether oxygens (including phenoxy) is 2. The summed E-state index contributed by atoms with van der Waals surface area (Å²) in [6, 6.07) is 3.43. The molecule has 0 aliphatic carbocycles. The second-order valence-electron chi connectivity index (χ2n) is 4.33. The van der Waals surface area contributed by atoms with Gasteiger partial charge in [-0.15, -0.1) is 0 Å². The number of methoxy groups -OCH3 is 1. The van der Waals surface area contributed by atoms with Crippen molar-refractivity contribution >= 4 is 17.5 Å². The van der Waals surface area contributed by atoms with E-state index in [2.05, 4.69) is 5.32 Å². The van der Waals surface area contributed by atoms with Crippen LogP contribution in [0.5, 0.6) is 11.5 Å². The predicted molar refractivity (Wildman–Crippen MR) is 76.1 cm³/mol. The first-order valence-corrected chi connectivity index (χ1v) is 6.47. The summed E-state index contributed by atoms with van der Waals surface area (Å²) in [6.07, 6.45) is 0. The summed E-state index contributed by atoms with van der Waals surface area (Å²) < 4.78 is 10.4. The molecule has 1 amide bonds. The zero-order valence-electron chi connectivity index (χ0n) is 11.5. The van der Waals surface area contributed by atoms with Crippen molar-refractivity contribution in [3.8, 4) is 11.5 Å². The maximum Gasteiger partial charge on any atom is 0.255 e. The van der Waals surface area contributed by atoms with Crippen LogP contribution in [0.25, 0.3) is 0 Å². The van der Waals surface area contributed by atoms with Gasteiger partial charge in [-0.2, -0.15) is 0 Å². The number of amides is 1. The summed E-state index contributed by atoms with van der Waals surface area (Å²) in [5, 5.41) is 12.4. The highest BCUT2D eigenvalue weighted by Gasteiger charge is 2.13. The number of aliphatic hydroxyl groups is 1. The highest BCUT2D eigenvalue weighted by molar-refractivity contribution is 6.32. The van der Waals surface area contributed by atoms with Crippen molar-refractivity contribution in [3.05, 3.63) is 22.7 Å². The molecule has 0 aliphatic rings. The van der Waals surface area contributed by atoms with Gasteiger partial charge in [-0.25, -0.2) is 0 Å². The smallest absolute Gasteiger partial charge is 0.255 e. The number of hydrogen-bond donors (Lipinski definition) is 3. The molecule has 1 unspecified atom stereocenters. The molecule has 1 aromatic rings. The standard InChI is InChI=1S/C13H19ClN2O4/c1-8(6-17)16-5-9-3-10(14)13(11(4-9)19-2)20-7-12(15)18/h3-4,8,16-17H,5-7H2,1-2H3,(H2,15,18). The number of hydrogen-bond acceptors (Lipinski definition) is 5. The van der Waals surface area contributed by atoms with Gasteiger partial charge in [0.05, 0.1) is 18.7 Å². The van der Waals surface area contributed by atoms with E-state index in [1.807, 2.05) is 6.92 Å². The zero-order valence-corrected chi connectivity index (χ0v) is 12.2. The lowest BCUT2D eigenvalue weighted by Gasteiger charge is -2.15. The van der Waals surface area contributed by atoms with Crippen molar-refractivity contribution in [2.45, 2.75) is 19.5 Å². The fourth-order valence-corrected chi connectivity index (χ4v) is 1.80. The normalized spacial score (nSPS) is 12.0. The van der Waals surface area contributed by atoms with E-state index in [1.54, 1.807) is 12.1 Å². The van der Waals surface area contributed by atoms with E-state index in [-0.39, 0.29) is 25.0 Å². The minimum Gasteiger partial charge on any atom is -0.493 e. The van der Waals surface area contributed by atoms with E-state index in [0.717, 1.165) is 5.56 Å². The van der Waals surface area contributed by atoms with Crippen molar-refractivity contribution in [3.63, 3.8) is 0 Å². The Bertz CT molecular complexity index is 468. The first kappa shape index (κ1) is 16.6. The number of halogens is 1. The van der Waals surface area contributed by atoms with Crippen molar-refractivity contribution < 1.29 is 19.4 Å². The number of nitrogens with two attached hydrogens (primary N) is 1. The Labute approximate surface area is 122 Å². The lowest BCUT2D eigenvalue weighted by Crippen LogP contribution is -2.28. The number of primary amides is 1. The van der Waals surface area contributed by atoms with E-state index in [9.17, 15) is 4.79 Å². The molecule has 0 aliphatic heterocycles. The molecule has 4 N–H and O–H groups in total. The van der Waals surface area contributed by atoms with Gasteiger partial charge in [0, 0.05) is 12.6 Å². The molecule has 0 spiro atoms. The third kappa shape index (κ3) is 4.88. The molecule has 0 saturated heterocycles. The lowest BCUT2D eigenvalue weighted by atomic mass is 10.2. The van der Waals surface area contributed by atoms with Crippen LogP contribution >= 0.6 is 11.6 Å². The molecule has 20 heavy (non-hydrogen) atoms. The van der Waals surface area contributed by atoms with Crippen LogP contribution in [0.2, 0.25) is 5.02 Å². The number of nitrogens with one attached hydrogen (secondary N) is 1. The number of rotatable bonds is 8. The molecule has 0 aromatic heterocycles.